The monoisotopic (exact) mass is 411 g/mol. The van der Waals surface area contributed by atoms with Crippen LogP contribution in [0.15, 0.2) is 48.8 Å². The molecule has 0 aliphatic carbocycles. The number of aromatic amines is 1. The van der Waals surface area contributed by atoms with E-state index in [9.17, 15) is 4.79 Å². The predicted molar refractivity (Wildman–Crippen MR) is 107 cm³/mol. The first-order valence-corrected chi connectivity index (χ1v) is 9.25. The number of fused-ring (bicyclic) bond motifs is 1. The number of rotatable bonds is 3. The summed E-state index contributed by atoms with van der Waals surface area (Å²) in [6.45, 7) is 3.97. The van der Waals surface area contributed by atoms with Gasteiger partial charge in [-0.3, -0.25) is 14.7 Å². The van der Waals surface area contributed by atoms with Crippen LogP contribution in [0.5, 0.6) is 0 Å². The lowest BCUT2D eigenvalue weighted by Crippen LogP contribution is -2.48. The fourth-order valence-electron chi connectivity index (χ4n) is 3.08. The molecule has 10 nitrogen and oxygen atoms in total. The Morgan fingerprint density at radius 1 is 0.933 bits per heavy atom. The van der Waals surface area contributed by atoms with Gasteiger partial charge in [-0.05, 0) is 24.3 Å². The van der Waals surface area contributed by atoms with Gasteiger partial charge in [0.1, 0.15) is 5.82 Å². The smallest absolute Gasteiger partial charge is 0.414 e. The van der Waals surface area contributed by atoms with Crippen molar-refractivity contribution < 1.29 is 24.6 Å². The van der Waals surface area contributed by atoms with Crippen LogP contribution >= 0.6 is 0 Å². The number of nitrogens with one attached hydrogen (secondary N) is 1. The van der Waals surface area contributed by atoms with E-state index in [1.165, 1.54) is 0 Å². The van der Waals surface area contributed by atoms with Crippen LogP contribution in [0.4, 0.5) is 0 Å². The molecule has 1 aromatic carbocycles. The largest absolute Gasteiger partial charge is 0.473 e. The lowest BCUT2D eigenvalue weighted by atomic mass is 10.2. The molecule has 0 spiro atoms. The maximum Gasteiger partial charge on any atom is 0.414 e. The molecule has 0 bridgehead atoms. The van der Waals surface area contributed by atoms with E-state index in [-0.39, 0.29) is 5.91 Å². The van der Waals surface area contributed by atoms with E-state index in [0.717, 1.165) is 49.6 Å². The number of aromatic nitrogens is 3. The maximum atomic E-state index is 12.4. The van der Waals surface area contributed by atoms with Crippen LogP contribution in [-0.2, 0) is 16.1 Å². The number of hydrogen-bond acceptors (Lipinski definition) is 6. The van der Waals surface area contributed by atoms with Crippen molar-refractivity contribution in [3.05, 3.63) is 60.2 Å². The molecule has 1 fully saturated rings. The summed E-state index contributed by atoms with van der Waals surface area (Å²) in [5.41, 5.74) is 2.77. The molecule has 2 aromatic heterocycles. The molecule has 0 saturated carbocycles. The second-order valence-electron chi connectivity index (χ2n) is 6.62. The maximum absolute atomic E-state index is 12.4. The van der Waals surface area contributed by atoms with Crippen molar-refractivity contribution in [2.75, 3.05) is 26.2 Å². The van der Waals surface area contributed by atoms with E-state index in [4.69, 9.17) is 19.8 Å². The average Bonchev–Trinajstić information content (AvgIpc) is 3.17. The number of pyridine rings is 1. The number of para-hydroxylation sites is 2. The molecule has 3 aromatic rings. The van der Waals surface area contributed by atoms with Crippen molar-refractivity contribution in [1.82, 2.24) is 24.8 Å². The van der Waals surface area contributed by atoms with E-state index in [1.807, 2.05) is 29.2 Å². The highest BCUT2D eigenvalue weighted by Crippen LogP contribution is 2.14. The highest BCUT2D eigenvalue weighted by molar-refractivity contribution is 6.27. The number of carboxylic acid groups (broad SMARTS) is 2. The second kappa shape index (κ2) is 9.61. The zero-order valence-electron chi connectivity index (χ0n) is 16.1. The quantitative estimate of drug-likeness (QED) is 0.544. The van der Waals surface area contributed by atoms with Gasteiger partial charge in [0.05, 0.1) is 17.6 Å². The number of imidazole rings is 1. The number of aliphatic carboxylic acids is 2. The molecule has 156 valence electrons. The predicted octanol–water partition coefficient (Wildman–Crippen LogP) is 1.07. The van der Waals surface area contributed by atoms with Gasteiger partial charge in [0.25, 0.3) is 5.91 Å². The number of benzene rings is 1. The minimum Gasteiger partial charge on any atom is -0.473 e. The molecule has 3 N–H and O–H groups in total. The van der Waals surface area contributed by atoms with Gasteiger partial charge in [-0.15, -0.1) is 0 Å². The third-order valence-electron chi connectivity index (χ3n) is 4.58. The van der Waals surface area contributed by atoms with Crippen molar-refractivity contribution in [2.45, 2.75) is 6.54 Å². The first-order chi connectivity index (χ1) is 14.4. The zero-order valence-corrected chi connectivity index (χ0v) is 16.1. The van der Waals surface area contributed by atoms with E-state index in [2.05, 4.69) is 19.9 Å². The molecule has 4 rings (SSSR count). The Bertz CT molecular complexity index is 983. The summed E-state index contributed by atoms with van der Waals surface area (Å²) in [5, 5.41) is 14.8. The molecule has 1 aliphatic heterocycles. The van der Waals surface area contributed by atoms with E-state index >= 15 is 0 Å². The molecule has 0 atom stereocenters. The molecule has 3 heterocycles. The number of nitrogens with zero attached hydrogens (tertiary/aromatic N) is 4. The Balaban J connectivity index is 0.000000377. The Kier molecular flexibility index (Phi) is 6.71. The zero-order chi connectivity index (χ0) is 21.5. The molecular weight excluding hydrogens is 390 g/mol. The Hall–Kier alpha value is -3.79. The topological polar surface area (TPSA) is 140 Å². The van der Waals surface area contributed by atoms with Crippen molar-refractivity contribution in [1.29, 1.82) is 0 Å². The molecule has 10 heteroatoms. The van der Waals surface area contributed by atoms with Crippen LogP contribution in [0.25, 0.3) is 11.0 Å². The van der Waals surface area contributed by atoms with Crippen LogP contribution < -0.4 is 0 Å². The van der Waals surface area contributed by atoms with E-state index in [1.54, 1.807) is 24.5 Å². The standard InChI is InChI=1S/C18H19N5O.C2H2O4/c24-18(14-5-7-19-8-6-14)23-11-9-22(10-12-23)13-17-20-15-3-1-2-4-16(15)21-17;3-1(4)2(5)6/h1-8H,9-13H2,(H,20,21);(H,3,4)(H,5,6). The fraction of sp³-hybridized carbons (Fsp3) is 0.250. The van der Waals surface area contributed by atoms with Crippen molar-refractivity contribution in [2.24, 2.45) is 0 Å². The fourth-order valence-corrected chi connectivity index (χ4v) is 3.08. The highest BCUT2D eigenvalue weighted by Gasteiger charge is 2.22. The molecule has 1 aliphatic rings. The summed E-state index contributed by atoms with van der Waals surface area (Å²) in [7, 11) is 0. The Labute approximate surface area is 171 Å². The van der Waals surface area contributed by atoms with Gasteiger partial charge < -0.3 is 20.1 Å². The number of carbonyl (C=O) groups is 3. The first kappa shape index (κ1) is 20.9. The summed E-state index contributed by atoms with van der Waals surface area (Å²) in [5.74, 6) is -2.59. The first-order valence-electron chi connectivity index (χ1n) is 9.25. The molecule has 1 amide bonds. The molecule has 0 unspecified atom stereocenters. The average molecular weight is 411 g/mol. The molecule has 0 radical (unpaired) electrons. The van der Waals surface area contributed by atoms with Gasteiger partial charge in [-0.25, -0.2) is 14.6 Å². The summed E-state index contributed by atoms with van der Waals surface area (Å²) in [4.78, 5) is 46.8. The Morgan fingerprint density at radius 2 is 1.57 bits per heavy atom. The second-order valence-corrected chi connectivity index (χ2v) is 6.62. The highest BCUT2D eigenvalue weighted by atomic mass is 16.4. The van der Waals surface area contributed by atoms with Gasteiger partial charge in [0, 0.05) is 44.1 Å². The van der Waals surface area contributed by atoms with Crippen LogP contribution in [0, 0.1) is 0 Å². The Morgan fingerprint density at radius 3 is 2.17 bits per heavy atom. The third-order valence-corrected chi connectivity index (χ3v) is 4.58. The van der Waals surface area contributed by atoms with Crippen LogP contribution in [0.3, 0.4) is 0 Å². The molecule has 1 saturated heterocycles. The summed E-state index contributed by atoms with van der Waals surface area (Å²) in [6, 6.07) is 11.6. The van der Waals surface area contributed by atoms with E-state index < -0.39 is 11.9 Å². The van der Waals surface area contributed by atoms with Crippen molar-refractivity contribution in [3.63, 3.8) is 0 Å². The minimum atomic E-state index is -1.82. The molecular formula is C20H21N5O5. The summed E-state index contributed by atoms with van der Waals surface area (Å²) >= 11 is 0. The SMILES string of the molecule is O=C(O)C(=O)O.O=C(c1ccncc1)N1CCN(Cc2nc3ccccc3[nH]2)CC1. The summed E-state index contributed by atoms with van der Waals surface area (Å²) < 4.78 is 0. The van der Waals surface area contributed by atoms with Crippen LogP contribution in [0.1, 0.15) is 16.2 Å². The molecule has 30 heavy (non-hydrogen) atoms. The lowest BCUT2D eigenvalue weighted by molar-refractivity contribution is -0.159. The van der Waals surface area contributed by atoms with Gasteiger partial charge >= 0.3 is 11.9 Å². The third kappa shape index (κ3) is 5.39. The number of amides is 1. The van der Waals surface area contributed by atoms with Crippen molar-refractivity contribution in [3.8, 4) is 0 Å². The van der Waals surface area contributed by atoms with Gasteiger partial charge in [0.2, 0.25) is 0 Å². The van der Waals surface area contributed by atoms with Crippen LogP contribution in [-0.4, -0.2) is 79.0 Å². The normalized spacial score (nSPS) is 14.1. The van der Waals surface area contributed by atoms with Crippen molar-refractivity contribution >= 4 is 28.9 Å². The van der Waals surface area contributed by atoms with Crippen LogP contribution in [0.2, 0.25) is 0 Å². The number of hydrogen-bond donors (Lipinski definition) is 3. The van der Waals surface area contributed by atoms with Gasteiger partial charge in [-0.2, -0.15) is 0 Å². The lowest BCUT2D eigenvalue weighted by Gasteiger charge is -2.34. The van der Waals surface area contributed by atoms with Gasteiger partial charge in [-0.1, -0.05) is 12.1 Å². The number of piperazine rings is 1. The number of carboxylic acids is 2. The minimum absolute atomic E-state index is 0.0841. The summed E-state index contributed by atoms with van der Waals surface area (Å²) in [6.07, 6.45) is 3.32. The number of carbonyl (C=O) groups excluding carboxylic acids is 1. The van der Waals surface area contributed by atoms with Gasteiger partial charge in [0.15, 0.2) is 0 Å². The number of H-pyrrole nitrogens is 1. The van der Waals surface area contributed by atoms with E-state index in [0.29, 0.717) is 5.56 Å².